The molecule has 0 aliphatic rings. The lowest BCUT2D eigenvalue weighted by atomic mass is 10.2. The van der Waals surface area contributed by atoms with Crippen molar-refractivity contribution >= 4 is 23.2 Å². The molecule has 2 aromatic heterocycles. The zero-order valence-corrected chi connectivity index (χ0v) is 13.8. The zero-order chi connectivity index (χ0) is 15.6. The molecule has 0 aliphatic carbocycles. The Morgan fingerprint density at radius 1 is 1.19 bits per heavy atom. The molecular formula is C13H21N7S. The van der Waals surface area contributed by atoms with Crippen LogP contribution in [0.3, 0.4) is 0 Å². The summed E-state index contributed by atoms with van der Waals surface area (Å²) in [5.41, 5.74) is 6.83. The lowest BCUT2D eigenvalue weighted by molar-refractivity contribution is 0.241. The summed E-state index contributed by atoms with van der Waals surface area (Å²) >= 11 is 1.66. The number of nitrogens with zero attached hydrogens (tertiary/aromatic N) is 6. The minimum absolute atomic E-state index is 0.0241. The van der Waals surface area contributed by atoms with Crippen LogP contribution in [0.25, 0.3) is 0 Å². The van der Waals surface area contributed by atoms with E-state index in [1.807, 2.05) is 39.9 Å². The fourth-order valence-corrected chi connectivity index (χ4v) is 2.46. The summed E-state index contributed by atoms with van der Waals surface area (Å²) in [5, 5.41) is 3.15. The van der Waals surface area contributed by atoms with Crippen LogP contribution >= 0.6 is 11.3 Å². The number of anilines is 2. The van der Waals surface area contributed by atoms with Gasteiger partial charge < -0.3 is 10.6 Å². The van der Waals surface area contributed by atoms with Gasteiger partial charge in [0.25, 0.3) is 0 Å². The molecule has 7 nitrogen and oxygen atoms in total. The first-order valence-electron chi connectivity index (χ1n) is 6.67. The molecule has 2 N–H and O–H groups in total. The molecule has 1 atom stereocenters. The van der Waals surface area contributed by atoms with Crippen LogP contribution in [-0.4, -0.2) is 46.0 Å². The second-order valence-electron chi connectivity index (χ2n) is 5.20. The van der Waals surface area contributed by atoms with E-state index in [1.165, 1.54) is 0 Å². The van der Waals surface area contributed by atoms with Crippen molar-refractivity contribution < 1.29 is 0 Å². The normalized spacial score (nSPS) is 12.7. The molecule has 0 radical (unpaired) electrons. The molecule has 0 bridgehead atoms. The summed E-state index contributed by atoms with van der Waals surface area (Å²) in [5.74, 6) is 1.48. The van der Waals surface area contributed by atoms with E-state index in [0.717, 1.165) is 17.2 Å². The van der Waals surface area contributed by atoms with Crippen LogP contribution in [0.15, 0.2) is 5.38 Å². The first kappa shape index (κ1) is 15.6. The van der Waals surface area contributed by atoms with Crippen molar-refractivity contribution in [3.05, 3.63) is 21.9 Å². The average molecular weight is 307 g/mol. The number of nitrogen functional groups attached to an aromatic ring is 1. The molecule has 0 saturated heterocycles. The van der Waals surface area contributed by atoms with Crippen molar-refractivity contribution in [2.24, 2.45) is 0 Å². The van der Waals surface area contributed by atoms with Crippen molar-refractivity contribution in [3.8, 4) is 0 Å². The molecule has 0 saturated carbocycles. The van der Waals surface area contributed by atoms with Crippen molar-refractivity contribution in [1.29, 1.82) is 0 Å². The second kappa shape index (κ2) is 6.31. The van der Waals surface area contributed by atoms with Gasteiger partial charge >= 0.3 is 0 Å². The fourth-order valence-electron chi connectivity index (χ4n) is 1.85. The highest BCUT2D eigenvalue weighted by atomic mass is 32.1. The monoisotopic (exact) mass is 307 g/mol. The molecule has 2 aromatic rings. The van der Waals surface area contributed by atoms with Gasteiger partial charge in [0, 0.05) is 26.0 Å². The molecule has 114 valence electrons. The van der Waals surface area contributed by atoms with Gasteiger partial charge in [0.15, 0.2) is 5.82 Å². The molecule has 0 aliphatic heterocycles. The minimum Gasteiger partial charge on any atom is -0.368 e. The molecular weight excluding hydrogens is 286 g/mol. The standard InChI is InChI=1S/C13H21N7S/c1-8(20(5)6-10-7-21-9(2)15-10)11-16-12(14)18-13(17-11)19(3)4/h7-8H,6H2,1-5H3,(H2,14,16,17,18). The summed E-state index contributed by atoms with van der Waals surface area (Å²) in [7, 11) is 5.78. The van der Waals surface area contributed by atoms with Crippen LogP contribution < -0.4 is 10.6 Å². The summed E-state index contributed by atoms with van der Waals surface area (Å²) in [6.07, 6.45) is 0. The lowest BCUT2D eigenvalue weighted by Gasteiger charge is -2.23. The van der Waals surface area contributed by atoms with Crippen LogP contribution in [0.4, 0.5) is 11.9 Å². The summed E-state index contributed by atoms with van der Waals surface area (Å²) in [6, 6.07) is 0.0241. The van der Waals surface area contributed by atoms with Gasteiger partial charge in [0.1, 0.15) is 0 Å². The Morgan fingerprint density at radius 3 is 2.48 bits per heavy atom. The molecule has 8 heteroatoms. The van der Waals surface area contributed by atoms with E-state index in [9.17, 15) is 0 Å². The van der Waals surface area contributed by atoms with E-state index in [0.29, 0.717) is 11.8 Å². The van der Waals surface area contributed by atoms with E-state index in [4.69, 9.17) is 5.73 Å². The van der Waals surface area contributed by atoms with Gasteiger partial charge in [-0.25, -0.2) is 4.98 Å². The Bertz CT molecular complexity index is 610. The van der Waals surface area contributed by atoms with Crippen LogP contribution in [0.2, 0.25) is 0 Å². The van der Waals surface area contributed by atoms with E-state index in [-0.39, 0.29) is 12.0 Å². The molecule has 21 heavy (non-hydrogen) atoms. The zero-order valence-electron chi connectivity index (χ0n) is 13.0. The number of hydrogen-bond donors (Lipinski definition) is 1. The van der Waals surface area contributed by atoms with Crippen molar-refractivity contribution in [2.45, 2.75) is 26.4 Å². The third-order valence-corrected chi connectivity index (χ3v) is 3.99. The van der Waals surface area contributed by atoms with Gasteiger partial charge in [0.05, 0.1) is 16.7 Å². The van der Waals surface area contributed by atoms with Crippen LogP contribution in [-0.2, 0) is 6.54 Å². The Kier molecular flexibility index (Phi) is 4.69. The number of nitrogens with two attached hydrogens (primary N) is 1. The van der Waals surface area contributed by atoms with E-state index >= 15 is 0 Å². The Hall–Kier alpha value is -1.80. The number of rotatable bonds is 5. The largest absolute Gasteiger partial charge is 0.368 e. The van der Waals surface area contributed by atoms with Gasteiger partial charge in [-0.2, -0.15) is 15.0 Å². The van der Waals surface area contributed by atoms with Crippen molar-refractivity contribution in [3.63, 3.8) is 0 Å². The molecule has 0 aromatic carbocycles. The maximum Gasteiger partial charge on any atom is 0.229 e. The molecule has 0 fully saturated rings. The van der Waals surface area contributed by atoms with Gasteiger partial charge in [-0.05, 0) is 20.9 Å². The molecule has 0 amide bonds. The first-order chi connectivity index (χ1) is 9.86. The maximum atomic E-state index is 5.77. The quantitative estimate of drug-likeness (QED) is 0.895. The SMILES string of the molecule is Cc1nc(CN(C)C(C)c2nc(N)nc(N(C)C)n2)cs1. The number of thiazole rings is 1. The lowest BCUT2D eigenvalue weighted by Crippen LogP contribution is -2.25. The fraction of sp³-hybridized carbons (Fsp3) is 0.538. The second-order valence-corrected chi connectivity index (χ2v) is 6.26. The third kappa shape index (κ3) is 3.85. The van der Waals surface area contributed by atoms with Crippen LogP contribution in [0, 0.1) is 6.92 Å². The molecule has 1 unspecified atom stereocenters. The van der Waals surface area contributed by atoms with Crippen LogP contribution in [0.1, 0.15) is 29.5 Å². The molecule has 2 heterocycles. The topological polar surface area (TPSA) is 84.1 Å². The van der Waals surface area contributed by atoms with Gasteiger partial charge in [-0.1, -0.05) is 0 Å². The maximum absolute atomic E-state index is 5.77. The number of aromatic nitrogens is 4. The minimum atomic E-state index is 0.0241. The Balaban J connectivity index is 2.16. The van der Waals surface area contributed by atoms with Crippen LogP contribution in [0.5, 0.6) is 0 Å². The smallest absolute Gasteiger partial charge is 0.229 e. The predicted octanol–water partition coefficient (Wildman–Crippen LogP) is 1.48. The first-order valence-corrected chi connectivity index (χ1v) is 7.54. The van der Waals surface area contributed by atoms with E-state index in [1.54, 1.807) is 11.3 Å². The number of aryl methyl sites for hydroxylation is 1. The van der Waals surface area contributed by atoms with Gasteiger partial charge in [-0.15, -0.1) is 11.3 Å². The highest BCUT2D eigenvalue weighted by Gasteiger charge is 2.18. The third-order valence-electron chi connectivity index (χ3n) is 3.17. The number of hydrogen-bond acceptors (Lipinski definition) is 8. The highest BCUT2D eigenvalue weighted by Crippen LogP contribution is 2.20. The predicted molar refractivity (Wildman–Crippen MR) is 85.3 cm³/mol. The summed E-state index contributed by atoms with van der Waals surface area (Å²) < 4.78 is 0. The van der Waals surface area contributed by atoms with E-state index in [2.05, 4.69) is 30.2 Å². The Morgan fingerprint density at radius 2 is 1.90 bits per heavy atom. The van der Waals surface area contributed by atoms with Gasteiger partial charge in [-0.3, -0.25) is 4.90 Å². The van der Waals surface area contributed by atoms with Crippen molar-refractivity contribution in [1.82, 2.24) is 24.8 Å². The summed E-state index contributed by atoms with van der Waals surface area (Å²) in [6.45, 7) is 4.80. The highest BCUT2D eigenvalue weighted by molar-refractivity contribution is 7.09. The van der Waals surface area contributed by atoms with Crippen molar-refractivity contribution in [2.75, 3.05) is 31.8 Å². The van der Waals surface area contributed by atoms with E-state index < -0.39 is 0 Å². The summed E-state index contributed by atoms with van der Waals surface area (Å²) in [4.78, 5) is 21.3. The van der Waals surface area contributed by atoms with Gasteiger partial charge in [0.2, 0.25) is 11.9 Å². The average Bonchev–Trinajstić information content (AvgIpc) is 2.82. The molecule has 2 rings (SSSR count). The molecule has 0 spiro atoms. The Labute approximate surface area is 128 Å².